The minimum absolute atomic E-state index is 0.0128. The quantitative estimate of drug-likeness (QED) is 0.908. The number of aromatic nitrogens is 1. The Bertz CT molecular complexity index is 767. The van der Waals surface area contributed by atoms with Crippen molar-refractivity contribution in [1.82, 2.24) is 19.7 Å². The van der Waals surface area contributed by atoms with Crippen molar-refractivity contribution in [2.75, 3.05) is 33.7 Å². The van der Waals surface area contributed by atoms with E-state index in [-0.39, 0.29) is 18.4 Å². The maximum absolute atomic E-state index is 12.9. The Morgan fingerprint density at radius 3 is 2.75 bits per heavy atom. The zero-order valence-corrected chi connectivity index (χ0v) is 14.5. The first kappa shape index (κ1) is 16.5. The molecule has 2 aromatic rings. The van der Waals surface area contributed by atoms with Crippen LogP contribution in [0.5, 0.6) is 0 Å². The molecule has 128 valence electrons. The van der Waals surface area contributed by atoms with Crippen LogP contribution < -0.4 is 5.32 Å². The van der Waals surface area contributed by atoms with Gasteiger partial charge in [0.1, 0.15) is 12.6 Å². The molecule has 1 aromatic heterocycles. The molecule has 0 unspecified atom stereocenters. The molecule has 0 aliphatic carbocycles. The fraction of sp³-hybridized carbons (Fsp3) is 0.444. The molecule has 24 heavy (non-hydrogen) atoms. The molecule has 3 rings (SSSR count). The first-order valence-corrected chi connectivity index (χ1v) is 8.25. The fourth-order valence-electron chi connectivity index (χ4n) is 3.39. The third kappa shape index (κ3) is 3.01. The van der Waals surface area contributed by atoms with Crippen molar-refractivity contribution >= 4 is 22.7 Å². The third-order valence-electron chi connectivity index (χ3n) is 4.76. The molecule has 6 heteroatoms. The van der Waals surface area contributed by atoms with Gasteiger partial charge >= 0.3 is 0 Å². The number of benzene rings is 1. The Kier molecular flexibility index (Phi) is 4.57. The molecule has 1 aliphatic heterocycles. The SMILES string of the molecule is CNC(=O)[C@H]1CN(C)CCN1C(=O)Cn1c(C)cc2ccccc21. The van der Waals surface area contributed by atoms with Crippen molar-refractivity contribution in [1.29, 1.82) is 0 Å². The third-order valence-corrected chi connectivity index (χ3v) is 4.76. The summed E-state index contributed by atoms with van der Waals surface area (Å²) < 4.78 is 2.02. The maximum Gasteiger partial charge on any atom is 0.243 e. The lowest BCUT2D eigenvalue weighted by Crippen LogP contribution is -2.60. The first-order chi connectivity index (χ1) is 11.5. The number of fused-ring (bicyclic) bond motifs is 1. The molecular formula is C18H24N4O2. The lowest BCUT2D eigenvalue weighted by molar-refractivity contribution is -0.143. The number of amides is 2. The van der Waals surface area contributed by atoms with Crippen molar-refractivity contribution in [3.05, 3.63) is 36.0 Å². The molecule has 2 amide bonds. The highest BCUT2D eigenvalue weighted by Gasteiger charge is 2.33. The number of likely N-dealkylation sites (N-methyl/N-ethyl adjacent to an activating group) is 2. The van der Waals surface area contributed by atoms with Gasteiger partial charge in [0.2, 0.25) is 11.8 Å². The van der Waals surface area contributed by atoms with Gasteiger partial charge in [0.05, 0.1) is 0 Å². The van der Waals surface area contributed by atoms with Gasteiger partial charge in [0, 0.05) is 37.9 Å². The monoisotopic (exact) mass is 328 g/mol. The second-order valence-electron chi connectivity index (χ2n) is 6.41. The summed E-state index contributed by atoms with van der Waals surface area (Å²) in [6.07, 6.45) is 0. The lowest BCUT2D eigenvalue weighted by atomic mass is 10.1. The van der Waals surface area contributed by atoms with E-state index in [0.29, 0.717) is 13.1 Å². The average molecular weight is 328 g/mol. The van der Waals surface area contributed by atoms with E-state index in [4.69, 9.17) is 0 Å². The highest BCUT2D eigenvalue weighted by molar-refractivity contribution is 5.89. The van der Waals surface area contributed by atoms with E-state index in [9.17, 15) is 9.59 Å². The highest BCUT2D eigenvalue weighted by Crippen LogP contribution is 2.20. The number of piperazine rings is 1. The number of nitrogens with zero attached hydrogens (tertiary/aromatic N) is 3. The van der Waals surface area contributed by atoms with Crippen LogP contribution in [-0.4, -0.2) is 66.0 Å². The van der Waals surface area contributed by atoms with Crippen molar-refractivity contribution in [3.63, 3.8) is 0 Å². The van der Waals surface area contributed by atoms with E-state index in [0.717, 1.165) is 23.1 Å². The van der Waals surface area contributed by atoms with E-state index in [1.54, 1.807) is 11.9 Å². The summed E-state index contributed by atoms with van der Waals surface area (Å²) in [7, 11) is 3.59. The molecule has 0 spiro atoms. The summed E-state index contributed by atoms with van der Waals surface area (Å²) >= 11 is 0. The number of rotatable bonds is 3. The van der Waals surface area contributed by atoms with Crippen LogP contribution in [0.2, 0.25) is 0 Å². The Balaban J connectivity index is 1.85. The predicted octanol–water partition coefficient (Wildman–Crippen LogP) is 0.838. The number of para-hydroxylation sites is 1. The Hall–Kier alpha value is -2.34. The highest BCUT2D eigenvalue weighted by atomic mass is 16.2. The number of hydrogen-bond donors (Lipinski definition) is 1. The van der Waals surface area contributed by atoms with Crippen molar-refractivity contribution in [3.8, 4) is 0 Å². The molecular weight excluding hydrogens is 304 g/mol. The molecule has 1 saturated heterocycles. The summed E-state index contributed by atoms with van der Waals surface area (Å²) in [6.45, 7) is 4.19. The molecule has 0 radical (unpaired) electrons. The van der Waals surface area contributed by atoms with Crippen LogP contribution in [0.1, 0.15) is 5.69 Å². The maximum atomic E-state index is 12.9. The lowest BCUT2D eigenvalue weighted by Gasteiger charge is -2.39. The van der Waals surface area contributed by atoms with Crippen LogP contribution in [0.4, 0.5) is 0 Å². The Morgan fingerprint density at radius 1 is 1.25 bits per heavy atom. The van der Waals surface area contributed by atoms with Crippen LogP contribution in [0.3, 0.4) is 0 Å². The zero-order valence-electron chi connectivity index (χ0n) is 14.5. The molecule has 1 aromatic carbocycles. The minimum atomic E-state index is -0.427. The summed E-state index contributed by atoms with van der Waals surface area (Å²) in [6, 6.07) is 9.70. The fourth-order valence-corrected chi connectivity index (χ4v) is 3.39. The van der Waals surface area contributed by atoms with Crippen LogP contribution in [0.25, 0.3) is 10.9 Å². The first-order valence-electron chi connectivity index (χ1n) is 8.25. The van der Waals surface area contributed by atoms with E-state index in [2.05, 4.69) is 16.3 Å². The van der Waals surface area contributed by atoms with E-state index in [1.165, 1.54) is 0 Å². The predicted molar refractivity (Wildman–Crippen MR) is 93.7 cm³/mol. The number of nitrogens with one attached hydrogen (secondary N) is 1. The topological polar surface area (TPSA) is 57.6 Å². The van der Waals surface area contributed by atoms with Gasteiger partial charge in [-0.15, -0.1) is 0 Å². The molecule has 1 atom stereocenters. The average Bonchev–Trinajstić information content (AvgIpc) is 2.89. The molecule has 0 saturated carbocycles. The van der Waals surface area contributed by atoms with E-state index in [1.807, 2.05) is 42.8 Å². The van der Waals surface area contributed by atoms with Crippen molar-refractivity contribution in [2.24, 2.45) is 0 Å². The summed E-state index contributed by atoms with van der Waals surface area (Å²) in [5.74, 6) is -0.120. The van der Waals surface area contributed by atoms with Gasteiger partial charge in [-0.05, 0) is 31.5 Å². The van der Waals surface area contributed by atoms with Gasteiger partial charge in [-0.3, -0.25) is 9.59 Å². The second kappa shape index (κ2) is 6.65. The molecule has 0 bridgehead atoms. The van der Waals surface area contributed by atoms with Crippen LogP contribution in [-0.2, 0) is 16.1 Å². The van der Waals surface area contributed by atoms with Gasteiger partial charge in [0.25, 0.3) is 0 Å². The van der Waals surface area contributed by atoms with Gasteiger partial charge in [-0.2, -0.15) is 0 Å². The van der Waals surface area contributed by atoms with Crippen LogP contribution in [0.15, 0.2) is 30.3 Å². The second-order valence-corrected chi connectivity index (χ2v) is 6.41. The van der Waals surface area contributed by atoms with Gasteiger partial charge in [-0.1, -0.05) is 18.2 Å². The molecule has 1 fully saturated rings. The van der Waals surface area contributed by atoms with Crippen LogP contribution >= 0.6 is 0 Å². The van der Waals surface area contributed by atoms with Gasteiger partial charge in [0.15, 0.2) is 0 Å². The number of carbonyl (C=O) groups excluding carboxylic acids is 2. The van der Waals surface area contributed by atoms with Crippen LogP contribution in [0, 0.1) is 6.92 Å². The number of aryl methyl sites for hydroxylation is 1. The largest absolute Gasteiger partial charge is 0.357 e. The molecule has 1 aliphatic rings. The van der Waals surface area contributed by atoms with Crippen molar-refractivity contribution < 1.29 is 9.59 Å². The summed E-state index contributed by atoms with van der Waals surface area (Å²) in [5, 5.41) is 3.80. The zero-order chi connectivity index (χ0) is 17.3. The Morgan fingerprint density at radius 2 is 2.00 bits per heavy atom. The smallest absolute Gasteiger partial charge is 0.243 e. The van der Waals surface area contributed by atoms with Gasteiger partial charge in [-0.25, -0.2) is 0 Å². The van der Waals surface area contributed by atoms with Crippen molar-refractivity contribution in [2.45, 2.75) is 19.5 Å². The standard InChI is InChI=1S/C18H24N4O2/c1-13-10-14-6-4-5-7-15(14)22(13)12-17(23)21-9-8-20(3)11-16(21)18(24)19-2/h4-7,10,16H,8-9,11-12H2,1-3H3,(H,19,24)/t16-/m1/s1. The summed E-state index contributed by atoms with van der Waals surface area (Å²) in [5.41, 5.74) is 2.10. The Labute approximate surface area is 142 Å². The van der Waals surface area contributed by atoms with Gasteiger partial charge < -0.3 is 19.7 Å². The van der Waals surface area contributed by atoms with E-state index < -0.39 is 6.04 Å². The number of hydrogen-bond acceptors (Lipinski definition) is 3. The molecule has 2 heterocycles. The number of carbonyl (C=O) groups is 2. The molecule has 6 nitrogen and oxygen atoms in total. The normalized spacial score (nSPS) is 18.8. The summed E-state index contributed by atoms with van der Waals surface area (Å²) in [4.78, 5) is 28.9. The molecule has 1 N–H and O–H groups in total. The van der Waals surface area contributed by atoms with E-state index >= 15 is 0 Å². The minimum Gasteiger partial charge on any atom is -0.357 e.